The van der Waals surface area contributed by atoms with Crippen molar-refractivity contribution >= 4 is 0 Å². The highest BCUT2D eigenvalue weighted by Gasteiger charge is 2.25. The second kappa shape index (κ2) is 8.01. The molecule has 0 saturated heterocycles. The van der Waals surface area contributed by atoms with E-state index < -0.39 is 24.4 Å². The number of hydrogen-bond acceptors (Lipinski definition) is 5. The van der Waals surface area contributed by atoms with Gasteiger partial charge in [0.1, 0.15) is 12.2 Å². The van der Waals surface area contributed by atoms with E-state index in [4.69, 9.17) is 14.9 Å². The molecule has 0 aromatic carbocycles. The lowest BCUT2D eigenvalue weighted by Crippen LogP contribution is -2.40. The van der Waals surface area contributed by atoms with Crippen molar-refractivity contribution < 1.29 is 25.2 Å². The zero-order chi connectivity index (χ0) is 11.8. The largest absolute Gasteiger partial charge is 0.394 e. The van der Waals surface area contributed by atoms with Crippen molar-refractivity contribution in [2.45, 2.75) is 51.1 Å². The molecule has 0 aliphatic carbocycles. The van der Waals surface area contributed by atoms with Crippen LogP contribution in [0.2, 0.25) is 0 Å². The minimum Gasteiger partial charge on any atom is -0.394 e. The van der Waals surface area contributed by atoms with E-state index >= 15 is 0 Å². The molecular weight excluding hydrogens is 200 g/mol. The van der Waals surface area contributed by atoms with Gasteiger partial charge in [0, 0.05) is 0 Å². The van der Waals surface area contributed by atoms with E-state index in [9.17, 15) is 10.2 Å². The molecule has 15 heavy (non-hydrogen) atoms. The van der Waals surface area contributed by atoms with Gasteiger partial charge in [-0.05, 0) is 12.8 Å². The molecule has 0 rings (SSSR count). The summed E-state index contributed by atoms with van der Waals surface area (Å²) in [5, 5.41) is 36.3. The molecule has 4 N–H and O–H groups in total. The van der Waals surface area contributed by atoms with Crippen LogP contribution in [0.3, 0.4) is 0 Å². The Balaban J connectivity index is 4.23. The van der Waals surface area contributed by atoms with Crippen LogP contribution in [0.25, 0.3) is 0 Å². The Morgan fingerprint density at radius 2 is 1.20 bits per heavy atom. The molecule has 4 unspecified atom stereocenters. The van der Waals surface area contributed by atoms with Crippen molar-refractivity contribution in [2.75, 3.05) is 13.2 Å². The molecule has 0 heterocycles. The lowest BCUT2D eigenvalue weighted by molar-refractivity contribution is -0.133. The summed E-state index contributed by atoms with van der Waals surface area (Å²) >= 11 is 0. The third kappa shape index (κ3) is 4.90. The predicted molar refractivity (Wildman–Crippen MR) is 55.4 cm³/mol. The van der Waals surface area contributed by atoms with Crippen LogP contribution in [0.1, 0.15) is 26.7 Å². The van der Waals surface area contributed by atoms with Crippen LogP contribution in [-0.4, -0.2) is 58.1 Å². The highest BCUT2D eigenvalue weighted by molar-refractivity contribution is 4.73. The molecule has 0 aromatic rings. The Labute approximate surface area is 90.3 Å². The second-order valence-corrected chi connectivity index (χ2v) is 3.53. The van der Waals surface area contributed by atoms with Crippen LogP contribution < -0.4 is 0 Å². The highest BCUT2D eigenvalue weighted by Crippen LogP contribution is 2.13. The first-order chi connectivity index (χ1) is 7.10. The first-order valence-corrected chi connectivity index (χ1v) is 5.33. The van der Waals surface area contributed by atoms with Gasteiger partial charge in [0.2, 0.25) is 0 Å². The van der Waals surface area contributed by atoms with E-state index in [0.717, 1.165) is 0 Å². The summed E-state index contributed by atoms with van der Waals surface area (Å²) in [5.74, 6) is 0. The van der Waals surface area contributed by atoms with Crippen molar-refractivity contribution in [1.82, 2.24) is 0 Å². The zero-order valence-corrected chi connectivity index (χ0v) is 9.33. The standard InChI is InChI=1S/C10H22O5/c1-3-9(7(13)5-11)15-10(4-2)8(14)6-12/h7-14H,3-6H2,1-2H3. The van der Waals surface area contributed by atoms with Gasteiger partial charge in [-0.1, -0.05) is 13.8 Å². The van der Waals surface area contributed by atoms with Gasteiger partial charge < -0.3 is 25.2 Å². The van der Waals surface area contributed by atoms with Gasteiger partial charge in [0.05, 0.1) is 25.4 Å². The number of aliphatic hydroxyl groups excluding tert-OH is 4. The minimum atomic E-state index is -0.949. The SMILES string of the molecule is CCC(OC(CC)C(O)CO)C(O)CO. The van der Waals surface area contributed by atoms with Crippen molar-refractivity contribution in [3.8, 4) is 0 Å². The Bertz CT molecular complexity index is 137. The molecule has 0 aliphatic heterocycles. The Kier molecular flexibility index (Phi) is 7.90. The van der Waals surface area contributed by atoms with Gasteiger partial charge in [0.25, 0.3) is 0 Å². The minimum absolute atomic E-state index is 0.371. The average molecular weight is 222 g/mol. The van der Waals surface area contributed by atoms with Gasteiger partial charge in [-0.3, -0.25) is 0 Å². The molecule has 4 atom stereocenters. The van der Waals surface area contributed by atoms with Crippen molar-refractivity contribution in [2.24, 2.45) is 0 Å². The smallest absolute Gasteiger partial charge is 0.103 e. The van der Waals surface area contributed by atoms with Gasteiger partial charge >= 0.3 is 0 Å². The lowest BCUT2D eigenvalue weighted by atomic mass is 10.1. The Morgan fingerprint density at radius 1 is 0.867 bits per heavy atom. The summed E-state index contributed by atoms with van der Waals surface area (Å²) in [6, 6.07) is 0. The molecule has 0 amide bonds. The molecule has 0 radical (unpaired) electrons. The van der Waals surface area contributed by atoms with Crippen LogP contribution >= 0.6 is 0 Å². The molecule has 0 aromatic heterocycles. The van der Waals surface area contributed by atoms with Gasteiger partial charge in [0.15, 0.2) is 0 Å². The average Bonchev–Trinajstić information content (AvgIpc) is 2.28. The fourth-order valence-corrected chi connectivity index (χ4v) is 1.38. The monoisotopic (exact) mass is 222 g/mol. The van der Waals surface area contributed by atoms with Crippen LogP contribution in [0.15, 0.2) is 0 Å². The fourth-order valence-electron chi connectivity index (χ4n) is 1.38. The van der Waals surface area contributed by atoms with Crippen molar-refractivity contribution in [1.29, 1.82) is 0 Å². The Morgan fingerprint density at radius 3 is 1.40 bits per heavy atom. The van der Waals surface area contributed by atoms with Gasteiger partial charge in [-0.25, -0.2) is 0 Å². The van der Waals surface area contributed by atoms with E-state index in [-0.39, 0.29) is 13.2 Å². The second-order valence-electron chi connectivity index (χ2n) is 3.53. The molecule has 5 heteroatoms. The zero-order valence-electron chi connectivity index (χ0n) is 9.33. The molecule has 0 saturated carbocycles. The topological polar surface area (TPSA) is 90.2 Å². The van der Waals surface area contributed by atoms with Crippen LogP contribution in [0.4, 0.5) is 0 Å². The third-order valence-corrected chi connectivity index (χ3v) is 2.39. The van der Waals surface area contributed by atoms with E-state index in [2.05, 4.69) is 0 Å². The molecule has 5 nitrogen and oxygen atoms in total. The maximum Gasteiger partial charge on any atom is 0.103 e. The fraction of sp³-hybridized carbons (Fsp3) is 1.00. The lowest BCUT2D eigenvalue weighted by Gasteiger charge is -2.28. The first-order valence-electron chi connectivity index (χ1n) is 5.33. The third-order valence-electron chi connectivity index (χ3n) is 2.39. The molecule has 0 bridgehead atoms. The van der Waals surface area contributed by atoms with Crippen molar-refractivity contribution in [3.05, 3.63) is 0 Å². The van der Waals surface area contributed by atoms with E-state index in [1.807, 2.05) is 13.8 Å². The van der Waals surface area contributed by atoms with Gasteiger partial charge in [-0.2, -0.15) is 0 Å². The number of hydrogen-bond donors (Lipinski definition) is 4. The van der Waals surface area contributed by atoms with E-state index in [0.29, 0.717) is 12.8 Å². The maximum atomic E-state index is 9.40. The van der Waals surface area contributed by atoms with Crippen molar-refractivity contribution in [3.63, 3.8) is 0 Å². The normalized spacial score (nSPS) is 19.6. The van der Waals surface area contributed by atoms with Gasteiger partial charge in [-0.15, -0.1) is 0 Å². The molecule has 92 valence electrons. The molecule has 0 spiro atoms. The van der Waals surface area contributed by atoms with Crippen LogP contribution in [0.5, 0.6) is 0 Å². The predicted octanol–water partition coefficient (Wildman–Crippen LogP) is -0.733. The quantitative estimate of drug-likeness (QED) is 0.434. The summed E-state index contributed by atoms with van der Waals surface area (Å²) in [5.41, 5.74) is 0. The van der Waals surface area contributed by atoms with Crippen LogP contribution in [0, 0.1) is 0 Å². The van der Waals surface area contributed by atoms with E-state index in [1.54, 1.807) is 0 Å². The first kappa shape index (κ1) is 14.8. The highest BCUT2D eigenvalue weighted by atomic mass is 16.5. The number of ether oxygens (including phenoxy) is 1. The summed E-state index contributed by atoms with van der Waals surface area (Å²) in [6.45, 7) is 2.90. The summed E-state index contributed by atoms with van der Waals surface area (Å²) < 4.78 is 5.43. The summed E-state index contributed by atoms with van der Waals surface area (Å²) in [4.78, 5) is 0. The van der Waals surface area contributed by atoms with Crippen LogP contribution in [-0.2, 0) is 4.74 Å². The summed E-state index contributed by atoms with van der Waals surface area (Å²) in [7, 11) is 0. The van der Waals surface area contributed by atoms with E-state index in [1.165, 1.54) is 0 Å². The maximum absolute atomic E-state index is 9.40. The number of aliphatic hydroxyl groups is 4. The molecular formula is C10H22O5. The Hall–Kier alpha value is -0.200. The molecule has 0 aliphatic rings. The number of rotatable bonds is 8. The molecule has 0 fully saturated rings. The summed E-state index contributed by atoms with van der Waals surface area (Å²) in [6.07, 6.45) is -1.85.